The normalized spacial score (nSPS) is 11.1. The topological polar surface area (TPSA) is 45.2 Å². The van der Waals surface area contributed by atoms with E-state index in [1.54, 1.807) is 0 Å². The van der Waals surface area contributed by atoms with Gasteiger partial charge in [0.05, 0.1) is 17.7 Å². The lowest BCUT2D eigenvalue weighted by Crippen LogP contribution is -2.33. The number of hydrogen-bond acceptors (Lipinski definition) is 3. The molecule has 0 bridgehead atoms. The van der Waals surface area contributed by atoms with Crippen molar-refractivity contribution in [2.45, 2.75) is 34.1 Å². The van der Waals surface area contributed by atoms with Crippen LogP contribution in [0.1, 0.15) is 32.0 Å². The molecule has 1 amide bonds. The first kappa shape index (κ1) is 16.4. The Balaban J connectivity index is 2.37. The molecule has 0 fully saturated rings. The molecular weight excluding hydrogens is 274 g/mol. The number of anilines is 1. The van der Waals surface area contributed by atoms with Gasteiger partial charge in [0.25, 0.3) is 0 Å². The van der Waals surface area contributed by atoms with Gasteiger partial charge in [-0.3, -0.25) is 14.7 Å². The Labute approximate surface area is 132 Å². The molecule has 0 aliphatic rings. The lowest BCUT2D eigenvalue weighted by Gasteiger charge is -2.19. The molecule has 1 heterocycles. The summed E-state index contributed by atoms with van der Waals surface area (Å²) in [6, 6.07) is 7.97. The lowest BCUT2D eigenvalue weighted by atomic mass is 10.1. The fourth-order valence-corrected chi connectivity index (χ4v) is 2.69. The number of nitrogens with one attached hydrogen (secondary N) is 1. The van der Waals surface area contributed by atoms with Crippen LogP contribution in [0.2, 0.25) is 0 Å². The highest BCUT2D eigenvalue weighted by Crippen LogP contribution is 2.28. The monoisotopic (exact) mass is 299 g/mol. The predicted octanol–water partition coefficient (Wildman–Crippen LogP) is 3.39. The molecule has 0 unspecified atom stereocenters. The summed E-state index contributed by atoms with van der Waals surface area (Å²) in [4.78, 5) is 19.2. The molecule has 0 saturated carbocycles. The third-order valence-corrected chi connectivity index (χ3v) is 4.10. The second-order valence-corrected chi connectivity index (χ2v) is 5.44. The van der Waals surface area contributed by atoms with Gasteiger partial charge in [0.15, 0.2) is 0 Å². The maximum Gasteiger partial charge on any atom is 0.238 e. The van der Waals surface area contributed by atoms with Gasteiger partial charge < -0.3 is 5.32 Å². The van der Waals surface area contributed by atoms with Gasteiger partial charge in [-0.15, -0.1) is 0 Å². The van der Waals surface area contributed by atoms with Crippen LogP contribution in [-0.2, 0) is 11.2 Å². The molecule has 118 valence electrons. The van der Waals surface area contributed by atoms with E-state index < -0.39 is 0 Å². The van der Waals surface area contributed by atoms with E-state index in [1.165, 1.54) is 0 Å². The summed E-state index contributed by atoms with van der Waals surface area (Å²) >= 11 is 0. The summed E-state index contributed by atoms with van der Waals surface area (Å²) in [7, 11) is 0. The van der Waals surface area contributed by atoms with Crippen LogP contribution in [0.4, 0.5) is 5.69 Å². The number of carbonyl (C=O) groups excluding carboxylic acids is 1. The third-order valence-electron chi connectivity index (χ3n) is 4.10. The van der Waals surface area contributed by atoms with E-state index in [0.717, 1.165) is 47.4 Å². The highest BCUT2D eigenvalue weighted by Gasteiger charge is 2.14. The molecule has 1 aromatic heterocycles. The van der Waals surface area contributed by atoms with Gasteiger partial charge in [-0.1, -0.05) is 39.0 Å². The average molecular weight is 299 g/mol. The van der Waals surface area contributed by atoms with Crippen LogP contribution in [0.3, 0.4) is 0 Å². The molecule has 0 spiro atoms. The zero-order valence-electron chi connectivity index (χ0n) is 13.9. The van der Waals surface area contributed by atoms with Crippen molar-refractivity contribution in [1.29, 1.82) is 0 Å². The Morgan fingerprint density at radius 1 is 1.18 bits per heavy atom. The maximum absolute atomic E-state index is 12.4. The quantitative estimate of drug-likeness (QED) is 0.889. The first-order valence-corrected chi connectivity index (χ1v) is 8.01. The number of amides is 1. The minimum Gasteiger partial charge on any atom is -0.324 e. The van der Waals surface area contributed by atoms with Crippen molar-refractivity contribution in [2.24, 2.45) is 0 Å². The first-order chi connectivity index (χ1) is 10.6. The average Bonchev–Trinajstić information content (AvgIpc) is 2.54. The smallest absolute Gasteiger partial charge is 0.238 e. The number of hydrogen-bond donors (Lipinski definition) is 1. The Morgan fingerprint density at radius 3 is 2.50 bits per heavy atom. The fourth-order valence-electron chi connectivity index (χ4n) is 2.69. The second kappa shape index (κ2) is 7.36. The van der Waals surface area contributed by atoms with Crippen molar-refractivity contribution in [3.63, 3.8) is 0 Å². The highest BCUT2D eigenvalue weighted by molar-refractivity contribution is 6.03. The molecule has 22 heavy (non-hydrogen) atoms. The summed E-state index contributed by atoms with van der Waals surface area (Å²) in [5, 5.41) is 4.11. The number of aromatic nitrogens is 1. The molecule has 2 aromatic rings. The van der Waals surface area contributed by atoms with Crippen LogP contribution < -0.4 is 5.32 Å². The number of rotatable bonds is 6. The number of para-hydroxylation sites is 1. The molecule has 0 aliphatic heterocycles. The molecule has 4 nitrogen and oxygen atoms in total. The zero-order valence-corrected chi connectivity index (χ0v) is 13.9. The summed E-state index contributed by atoms with van der Waals surface area (Å²) in [6.45, 7) is 10.4. The van der Waals surface area contributed by atoms with E-state index in [0.29, 0.717) is 6.54 Å². The van der Waals surface area contributed by atoms with Crippen LogP contribution in [-0.4, -0.2) is 35.4 Å². The number of nitrogens with zero attached hydrogens (tertiary/aromatic N) is 2. The van der Waals surface area contributed by atoms with Gasteiger partial charge in [-0.05, 0) is 38.1 Å². The fraction of sp³-hybridized carbons (Fsp3) is 0.444. The number of pyridine rings is 1. The van der Waals surface area contributed by atoms with E-state index in [9.17, 15) is 4.79 Å². The van der Waals surface area contributed by atoms with E-state index in [4.69, 9.17) is 4.98 Å². The van der Waals surface area contributed by atoms with Crippen molar-refractivity contribution in [3.8, 4) is 0 Å². The van der Waals surface area contributed by atoms with E-state index in [-0.39, 0.29) is 5.91 Å². The number of likely N-dealkylation sites (N-methyl/N-ethyl adjacent to an activating group) is 1. The molecule has 0 radical (unpaired) electrons. The molecule has 0 aliphatic carbocycles. The summed E-state index contributed by atoms with van der Waals surface area (Å²) in [5.74, 6) is 0.0326. The standard InChI is InChI=1S/C18H25N3O/c1-5-15-13(4)18(14-10-8-9-11-16(14)19-15)20-17(22)12-21(6-2)7-3/h8-11H,5-7,12H2,1-4H3,(H,19,20,22). The number of fused-ring (bicyclic) bond motifs is 1. The minimum atomic E-state index is 0.0326. The van der Waals surface area contributed by atoms with Crippen LogP contribution in [0.5, 0.6) is 0 Å². The van der Waals surface area contributed by atoms with Gasteiger partial charge >= 0.3 is 0 Å². The van der Waals surface area contributed by atoms with E-state index in [1.807, 2.05) is 31.2 Å². The molecule has 2 rings (SSSR count). The Morgan fingerprint density at radius 2 is 1.86 bits per heavy atom. The lowest BCUT2D eigenvalue weighted by molar-refractivity contribution is -0.117. The second-order valence-electron chi connectivity index (χ2n) is 5.44. The Kier molecular flexibility index (Phi) is 5.50. The van der Waals surface area contributed by atoms with Crippen molar-refractivity contribution in [3.05, 3.63) is 35.5 Å². The Hall–Kier alpha value is -1.94. The highest BCUT2D eigenvalue weighted by atomic mass is 16.2. The van der Waals surface area contributed by atoms with Crippen molar-refractivity contribution >= 4 is 22.5 Å². The number of carbonyl (C=O) groups is 1. The summed E-state index contributed by atoms with van der Waals surface area (Å²) in [6.07, 6.45) is 0.857. The van der Waals surface area contributed by atoms with E-state index in [2.05, 4.69) is 31.0 Å². The molecular formula is C18H25N3O. The number of benzene rings is 1. The summed E-state index contributed by atoms with van der Waals surface area (Å²) in [5.41, 5.74) is 3.94. The van der Waals surface area contributed by atoms with Crippen molar-refractivity contribution in [1.82, 2.24) is 9.88 Å². The van der Waals surface area contributed by atoms with Gasteiger partial charge in [0, 0.05) is 11.1 Å². The van der Waals surface area contributed by atoms with Crippen LogP contribution in [0.25, 0.3) is 10.9 Å². The minimum absolute atomic E-state index is 0.0326. The number of aryl methyl sites for hydroxylation is 1. The molecule has 1 N–H and O–H groups in total. The van der Waals surface area contributed by atoms with E-state index >= 15 is 0 Å². The zero-order chi connectivity index (χ0) is 16.1. The molecule has 0 atom stereocenters. The maximum atomic E-state index is 12.4. The predicted molar refractivity (Wildman–Crippen MR) is 92.3 cm³/mol. The van der Waals surface area contributed by atoms with Crippen LogP contribution >= 0.6 is 0 Å². The summed E-state index contributed by atoms with van der Waals surface area (Å²) < 4.78 is 0. The van der Waals surface area contributed by atoms with Crippen molar-refractivity contribution in [2.75, 3.05) is 25.0 Å². The van der Waals surface area contributed by atoms with Gasteiger partial charge in [0.1, 0.15) is 0 Å². The largest absolute Gasteiger partial charge is 0.324 e. The SMILES string of the molecule is CCc1nc2ccccc2c(NC(=O)CN(CC)CC)c1C. The molecule has 0 saturated heterocycles. The van der Waals surface area contributed by atoms with Gasteiger partial charge in [-0.25, -0.2) is 0 Å². The van der Waals surface area contributed by atoms with Crippen molar-refractivity contribution < 1.29 is 4.79 Å². The van der Waals surface area contributed by atoms with Gasteiger partial charge in [0.2, 0.25) is 5.91 Å². The molecule has 4 heteroatoms. The third kappa shape index (κ3) is 3.45. The van der Waals surface area contributed by atoms with Gasteiger partial charge in [-0.2, -0.15) is 0 Å². The Bertz CT molecular complexity index is 663. The first-order valence-electron chi connectivity index (χ1n) is 8.01. The van der Waals surface area contributed by atoms with Crippen LogP contribution in [0, 0.1) is 6.92 Å². The molecule has 1 aromatic carbocycles. The van der Waals surface area contributed by atoms with Crippen LogP contribution in [0.15, 0.2) is 24.3 Å².